The molecule has 4 nitrogen and oxygen atoms in total. The van der Waals surface area contributed by atoms with Crippen LogP contribution in [0.25, 0.3) is 21.9 Å². The quantitative estimate of drug-likeness (QED) is 0.560. The van der Waals surface area contributed by atoms with Crippen LogP contribution in [0.5, 0.6) is 0 Å². The van der Waals surface area contributed by atoms with E-state index in [2.05, 4.69) is 9.97 Å². The molecule has 2 N–H and O–H groups in total. The van der Waals surface area contributed by atoms with E-state index >= 15 is 0 Å². The van der Waals surface area contributed by atoms with Gasteiger partial charge in [0.1, 0.15) is 17.9 Å². The molecule has 0 aliphatic heterocycles. The number of aromatic nitrogens is 2. The van der Waals surface area contributed by atoms with Gasteiger partial charge in [0.25, 0.3) is 0 Å². The van der Waals surface area contributed by atoms with Crippen LogP contribution >= 0.6 is 0 Å². The number of hydrogen-bond donors (Lipinski definition) is 2. The minimum atomic E-state index is -0.350. The fraction of sp³-hybridized carbons (Fsp3) is 0.0556. The summed E-state index contributed by atoms with van der Waals surface area (Å²) in [6.07, 6.45) is 0. The average molecular weight is 290 g/mol. The van der Waals surface area contributed by atoms with Crippen LogP contribution in [-0.4, -0.2) is 15.9 Å². The molecule has 0 atom stereocenters. The molecule has 0 aliphatic carbocycles. The molecule has 0 aliphatic rings. The molecular formula is C18H14N2O2. The summed E-state index contributed by atoms with van der Waals surface area (Å²) >= 11 is 0. The molecule has 0 radical (unpaired) electrons. The van der Waals surface area contributed by atoms with Crippen LogP contribution in [-0.2, 0) is 11.3 Å². The van der Waals surface area contributed by atoms with Crippen LogP contribution in [0, 0.1) is 0 Å². The normalized spacial score (nSPS) is 11.1. The number of aromatic amines is 2. The number of hydrogen-bond acceptors (Lipinski definition) is 2. The van der Waals surface area contributed by atoms with Crippen LogP contribution in [0.3, 0.4) is 0 Å². The Kier molecular flexibility index (Phi) is 2.93. The van der Waals surface area contributed by atoms with Gasteiger partial charge in [0.2, 0.25) is 0 Å². The van der Waals surface area contributed by atoms with Gasteiger partial charge in [-0.3, -0.25) is 0 Å². The lowest BCUT2D eigenvalue weighted by molar-refractivity contribution is 0.0467. The number of H-pyrrole nitrogens is 2. The third-order valence-electron chi connectivity index (χ3n) is 3.73. The summed E-state index contributed by atoms with van der Waals surface area (Å²) in [4.78, 5) is 18.5. The zero-order valence-electron chi connectivity index (χ0n) is 11.8. The average Bonchev–Trinajstić information content (AvgIpc) is 3.11. The van der Waals surface area contributed by atoms with Crippen molar-refractivity contribution in [2.24, 2.45) is 0 Å². The number of esters is 1. The van der Waals surface area contributed by atoms with Gasteiger partial charge in [-0.1, -0.05) is 48.5 Å². The molecule has 2 aromatic heterocycles. The van der Waals surface area contributed by atoms with Crippen molar-refractivity contribution in [1.82, 2.24) is 9.97 Å². The molecule has 4 heteroatoms. The Morgan fingerprint density at radius 2 is 1.68 bits per heavy atom. The van der Waals surface area contributed by atoms with Crippen molar-refractivity contribution in [3.05, 3.63) is 71.9 Å². The lowest BCUT2D eigenvalue weighted by atomic mass is 10.2. The van der Waals surface area contributed by atoms with E-state index in [0.29, 0.717) is 5.69 Å². The number of ether oxygens (including phenoxy) is 1. The predicted octanol–water partition coefficient (Wildman–Crippen LogP) is 4.01. The first-order chi connectivity index (χ1) is 10.8. The van der Waals surface area contributed by atoms with Crippen molar-refractivity contribution in [2.75, 3.05) is 0 Å². The maximum absolute atomic E-state index is 12.2. The summed E-state index contributed by atoms with van der Waals surface area (Å²) in [6, 6.07) is 19.5. The zero-order valence-corrected chi connectivity index (χ0v) is 11.8. The Bertz CT molecular complexity index is 951. The van der Waals surface area contributed by atoms with Crippen LogP contribution in [0.15, 0.2) is 60.7 Å². The van der Waals surface area contributed by atoms with Gasteiger partial charge in [-0.05, 0) is 17.7 Å². The van der Waals surface area contributed by atoms with Crippen molar-refractivity contribution in [1.29, 1.82) is 0 Å². The molecule has 0 saturated carbocycles. The summed E-state index contributed by atoms with van der Waals surface area (Å²) in [7, 11) is 0. The molecule has 0 fully saturated rings. The van der Waals surface area contributed by atoms with Crippen molar-refractivity contribution < 1.29 is 9.53 Å². The molecule has 0 saturated heterocycles. The van der Waals surface area contributed by atoms with Gasteiger partial charge < -0.3 is 14.7 Å². The summed E-state index contributed by atoms with van der Waals surface area (Å²) in [5.41, 5.74) is 3.32. The number of benzene rings is 2. The van der Waals surface area contributed by atoms with E-state index in [1.165, 1.54) is 0 Å². The van der Waals surface area contributed by atoms with E-state index in [0.717, 1.165) is 27.5 Å². The van der Waals surface area contributed by atoms with Gasteiger partial charge in [-0.25, -0.2) is 4.79 Å². The highest BCUT2D eigenvalue weighted by molar-refractivity contribution is 6.09. The van der Waals surface area contributed by atoms with Gasteiger partial charge >= 0.3 is 5.97 Å². The van der Waals surface area contributed by atoms with E-state index in [9.17, 15) is 4.79 Å². The highest BCUT2D eigenvalue weighted by Crippen LogP contribution is 2.25. The predicted molar refractivity (Wildman–Crippen MR) is 85.7 cm³/mol. The van der Waals surface area contributed by atoms with Gasteiger partial charge in [-0.2, -0.15) is 0 Å². The van der Waals surface area contributed by atoms with E-state index in [1.807, 2.05) is 60.7 Å². The van der Waals surface area contributed by atoms with Crippen molar-refractivity contribution in [3.63, 3.8) is 0 Å². The Morgan fingerprint density at radius 3 is 2.55 bits per heavy atom. The van der Waals surface area contributed by atoms with Crippen LogP contribution in [0.1, 0.15) is 16.1 Å². The van der Waals surface area contributed by atoms with Crippen molar-refractivity contribution in [3.8, 4) is 0 Å². The first-order valence-electron chi connectivity index (χ1n) is 7.12. The standard InChI is InChI=1S/C18H14N2O2/c21-18(22-11-12-6-2-1-3-7-12)16-10-14-13-8-4-5-9-15(13)19-17(14)20-16/h1-10,19-20H,11H2. The number of nitrogens with one attached hydrogen (secondary N) is 2. The highest BCUT2D eigenvalue weighted by Gasteiger charge is 2.14. The zero-order chi connectivity index (χ0) is 14.9. The largest absolute Gasteiger partial charge is 0.456 e. The SMILES string of the molecule is O=C(OCc1ccccc1)c1cc2c([nH]1)[nH]c1ccccc12. The summed E-state index contributed by atoms with van der Waals surface area (Å²) < 4.78 is 5.34. The topological polar surface area (TPSA) is 57.9 Å². The minimum Gasteiger partial charge on any atom is -0.456 e. The smallest absolute Gasteiger partial charge is 0.355 e. The lowest BCUT2D eigenvalue weighted by Gasteiger charge is -2.03. The summed E-state index contributed by atoms with van der Waals surface area (Å²) in [5, 5.41) is 2.10. The molecule has 0 amide bonds. The molecule has 2 heterocycles. The third-order valence-corrected chi connectivity index (χ3v) is 3.73. The van der Waals surface area contributed by atoms with Gasteiger partial charge in [0.05, 0.1) is 0 Å². The fourth-order valence-corrected chi connectivity index (χ4v) is 2.64. The van der Waals surface area contributed by atoms with E-state index in [1.54, 1.807) is 0 Å². The van der Waals surface area contributed by atoms with Crippen molar-refractivity contribution in [2.45, 2.75) is 6.61 Å². The molecule has 22 heavy (non-hydrogen) atoms. The van der Waals surface area contributed by atoms with Crippen LogP contribution in [0.4, 0.5) is 0 Å². The molecule has 0 unspecified atom stereocenters. The Hall–Kier alpha value is -3.01. The monoisotopic (exact) mass is 290 g/mol. The minimum absolute atomic E-state index is 0.271. The second-order valence-electron chi connectivity index (χ2n) is 5.20. The number of fused-ring (bicyclic) bond motifs is 3. The second-order valence-corrected chi connectivity index (χ2v) is 5.20. The number of rotatable bonds is 3. The van der Waals surface area contributed by atoms with Gasteiger partial charge in [-0.15, -0.1) is 0 Å². The maximum Gasteiger partial charge on any atom is 0.355 e. The third kappa shape index (κ3) is 2.15. The first-order valence-corrected chi connectivity index (χ1v) is 7.12. The Morgan fingerprint density at radius 1 is 0.909 bits per heavy atom. The van der Waals surface area contributed by atoms with E-state index < -0.39 is 0 Å². The molecule has 2 aromatic carbocycles. The molecule has 4 rings (SSSR count). The lowest BCUT2D eigenvalue weighted by Crippen LogP contribution is -2.05. The highest BCUT2D eigenvalue weighted by atomic mass is 16.5. The second kappa shape index (κ2) is 5.07. The van der Waals surface area contributed by atoms with Gasteiger partial charge in [0.15, 0.2) is 0 Å². The first kappa shape index (κ1) is 12.7. The van der Waals surface area contributed by atoms with Crippen molar-refractivity contribution >= 4 is 27.9 Å². The van der Waals surface area contributed by atoms with Crippen LogP contribution in [0.2, 0.25) is 0 Å². The fourth-order valence-electron chi connectivity index (χ4n) is 2.64. The summed E-state index contributed by atoms with van der Waals surface area (Å²) in [6.45, 7) is 0.271. The van der Waals surface area contributed by atoms with Crippen LogP contribution < -0.4 is 0 Å². The number of carbonyl (C=O) groups is 1. The Balaban J connectivity index is 1.59. The number of carbonyl (C=O) groups excluding carboxylic acids is 1. The molecule has 4 aromatic rings. The van der Waals surface area contributed by atoms with E-state index in [-0.39, 0.29) is 12.6 Å². The number of para-hydroxylation sites is 1. The van der Waals surface area contributed by atoms with E-state index in [4.69, 9.17) is 4.74 Å². The maximum atomic E-state index is 12.2. The Labute approximate surface area is 126 Å². The van der Waals surface area contributed by atoms with Gasteiger partial charge in [0, 0.05) is 16.3 Å². The molecule has 108 valence electrons. The molecule has 0 bridgehead atoms. The summed E-state index contributed by atoms with van der Waals surface area (Å²) in [5.74, 6) is -0.350. The molecular weight excluding hydrogens is 276 g/mol. The molecule has 0 spiro atoms.